The number of unbranched alkanes of at least 4 members (excludes halogenated alkanes) is 2. The van der Waals surface area contributed by atoms with Gasteiger partial charge in [-0.25, -0.2) is 0 Å². The zero-order chi connectivity index (χ0) is 9.90. The minimum absolute atomic E-state index is 0.142. The first-order valence-electron chi connectivity index (χ1n) is 4.94. The summed E-state index contributed by atoms with van der Waals surface area (Å²) in [6.45, 7) is 4.09. The van der Waals surface area contributed by atoms with E-state index in [4.69, 9.17) is 16.3 Å². The summed E-state index contributed by atoms with van der Waals surface area (Å²) in [5, 5.41) is -0.142. The molecule has 0 unspecified atom stereocenters. The molecule has 1 rings (SSSR count). The highest BCUT2D eigenvalue weighted by molar-refractivity contribution is 6.23. The Labute approximate surface area is 84.6 Å². The molecule has 0 aromatic carbocycles. The molecule has 0 N–H and O–H groups in total. The second kappa shape index (κ2) is 4.32. The summed E-state index contributed by atoms with van der Waals surface area (Å²) in [4.78, 5) is 11.0. The van der Waals surface area contributed by atoms with Crippen molar-refractivity contribution in [2.24, 2.45) is 0 Å². The van der Waals surface area contributed by atoms with Crippen LogP contribution in [0.2, 0.25) is 0 Å². The molecule has 76 valence electrons. The molecule has 3 heteroatoms. The molecule has 0 spiro atoms. The molecule has 1 saturated heterocycles. The summed E-state index contributed by atoms with van der Waals surface area (Å²) in [5.74, 6) is -0.154. The smallest absolute Gasteiger partial charge is 0.308 e. The average molecular weight is 205 g/mol. The third-order valence-corrected chi connectivity index (χ3v) is 3.25. The van der Waals surface area contributed by atoms with E-state index in [0.717, 1.165) is 12.8 Å². The van der Waals surface area contributed by atoms with Crippen molar-refractivity contribution < 1.29 is 9.53 Å². The fourth-order valence-electron chi connectivity index (χ4n) is 1.66. The summed E-state index contributed by atoms with van der Waals surface area (Å²) in [6.07, 6.45) is 4.70. The second-order valence-electron chi connectivity index (χ2n) is 3.92. The van der Waals surface area contributed by atoms with Gasteiger partial charge in [0.15, 0.2) is 0 Å². The van der Waals surface area contributed by atoms with Gasteiger partial charge < -0.3 is 4.74 Å². The number of carbonyl (C=O) groups excluding carboxylic acids is 1. The molecule has 13 heavy (non-hydrogen) atoms. The fraction of sp³-hybridized carbons (Fsp3) is 0.900. The number of ether oxygens (including phenoxy) is 1. The molecule has 0 saturated carbocycles. The number of alkyl halides is 1. The Hall–Kier alpha value is -0.240. The Balaban J connectivity index is 2.41. The van der Waals surface area contributed by atoms with Crippen molar-refractivity contribution in [1.82, 2.24) is 0 Å². The lowest BCUT2D eigenvalue weighted by molar-refractivity contribution is -0.147. The lowest BCUT2D eigenvalue weighted by Gasteiger charge is -2.25. The standard InChI is InChI=1S/C10H17ClO2/c1-3-4-5-6-10(2)8(11)7-9(12)13-10/h8H,3-7H2,1-2H3/t8-,10+/m1/s1. The van der Waals surface area contributed by atoms with Gasteiger partial charge in [-0.1, -0.05) is 19.8 Å². The Morgan fingerprint density at radius 2 is 2.31 bits per heavy atom. The topological polar surface area (TPSA) is 26.3 Å². The van der Waals surface area contributed by atoms with E-state index in [1.807, 2.05) is 6.92 Å². The summed E-state index contributed by atoms with van der Waals surface area (Å²) in [6, 6.07) is 0. The van der Waals surface area contributed by atoms with Crippen LogP contribution in [-0.2, 0) is 9.53 Å². The van der Waals surface area contributed by atoms with Gasteiger partial charge in [-0.05, 0) is 19.8 Å². The Kier molecular flexibility index (Phi) is 3.60. The van der Waals surface area contributed by atoms with Crippen LogP contribution in [0.4, 0.5) is 0 Å². The van der Waals surface area contributed by atoms with E-state index in [9.17, 15) is 4.79 Å². The van der Waals surface area contributed by atoms with Crippen LogP contribution in [-0.4, -0.2) is 16.9 Å². The Morgan fingerprint density at radius 1 is 1.62 bits per heavy atom. The van der Waals surface area contributed by atoms with Crippen LogP contribution in [0, 0.1) is 0 Å². The molecule has 1 fully saturated rings. The fourth-order valence-corrected chi connectivity index (χ4v) is 1.94. The van der Waals surface area contributed by atoms with Crippen LogP contribution in [0.3, 0.4) is 0 Å². The van der Waals surface area contributed by atoms with Gasteiger partial charge in [0.2, 0.25) is 0 Å². The third-order valence-electron chi connectivity index (χ3n) is 2.63. The van der Waals surface area contributed by atoms with E-state index in [-0.39, 0.29) is 11.3 Å². The van der Waals surface area contributed by atoms with E-state index in [1.165, 1.54) is 12.8 Å². The predicted octanol–water partition coefficient (Wildman–Crippen LogP) is 2.88. The van der Waals surface area contributed by atoms with Gasteiger partial charge in [0.1, 0.15) is 5.60 Å². The molecule has 1 aliphatic rings. The summed E-state index contributed by atoms with van der Waals surface area (Å²) in [7, 11) is 0. The molecule has 0 aromatic heterocycles. The van der Waals surface area contributed by atoms with Gasteiger partial charge >= 0.3 is 5.97 Å². The zero-order valence-corrected chi connectivity index (χ0v) is 9.06. The molecule has 0 radical (unpaired) electrons. The first-order valence-corrected chi connectivity index (χ1v) is 5.38. The SMILES string of the molecule is CCCCC[C@]1(C)OC(=O)C[C@H]1Cl. The minimum Gasteiger partial charge on any atom is -0.458 e. The quantitative estimate of drug-likeness (QED) is 0.400. The molecule has 0 bridgehead atoms. The van der Waals surface area contributed by atoms with Gasteiger partial charge in [0.05, 0.1) is 11.8 Å². The highest BCUT2D eigenvalue weighted by Gasteiger charge is 2.43. The molecule has 0 amide bonds. The van der Waals surface area contributed by atoms with Crippen molar-refractivity contribution >= 4 is 17.6 Å². The molecule has 2 nitrogen and oxygen atoms in total. The van der Waals surface area contributed by atoms with Crippen molar-refractivity contribution in [2.45, 2.75) is 56.9 Å². The number of cyclic esters (lactones) is 1. The molecular weight excluding hydrogens is 188 g/mol. The van der Waals surface area contributed by atoms with E-state index in [0.29, 0.717) is 6.42 Å². The van der Waals surface area contributed by atoms with Gasteiger partial charge in [-0.2, -0.15) is 0 Å². The number of carbonyl (C=O) groups is 1. The van der Waals surface area contributed by atoms with Crippen LogP contribution in [0.1, 0.15) is 46.0 Å². The van der Waals surface area contributed by atoms with Crippen molar-refractivity contribution in [3.05, 3.63) is 0 Å². The molecule has 0 aliphatic carbocycles. The molecule has 2 atom stereocenters. The van der Waals surface area contributed by atoms with Crippen LogP contribution in [0.15, 0.2) is 0 Å². The van der Waals surface area contributed by atoms with Crippen molar-refractivity contribution in [3.8, 4) is 0 Å². The highest BCUT2D eigenvalue weighted by atomic mass is 35.5. The van der Waals surface area contributed by atoms with E-state index < -0.39 is 5.60 Å². The van der Waals surface area contributed by atoms with Crippen LogP contribution >= 0.6 is 11.6 Å². The number of rotatable bonds is 4. The number of esters is 1. The van der Waals surface area contributed by atoms with Gasteiger partial charge in [-0.3, -0.25) is 4.79 Å². The number of hydrogen-bond donors (Lipinski definition) is 0. The molecule has 1 heterocycles. The number of hydrogen-bond acceptors (Lipinski definition) is 2. The first kappa shape index (κ1) is 10.8. The van der Waals surface area contributed by atoms with Gasteiger partial charge in [-0.15, -0.1) is 11.6 Å². The Morgan fingerprint density at radius 3 is 2.77 bits per heavy atom. The van der Waals surface area contributed by atoms with Crippen molar-refractivity contribution in [3.63, 3.8) is 0 Å². The van der Waals surface area contributed by atoms with Gasteiger partial charge in [0, 0.05) is 0 Å². The third kappa shape index (κ3) is 2.60. The lowest BCUT2D eigenvalue weighted by atomic mass is 9.95. The van der Waals surface area contributed by atoms with Crippen LogP contribution in [0.5, 0.6) is 0 Å². The van der Waals surface area contributed by atoms with E-state index in [2.05, 4.69) is 6.92 Å². The van der Waals surface area contributed by atoms with Crippen LogP contribution < -0.4 is 0 Å². The molecular formula is C10H17ClO2. The highest BCUT2D eigenvalue weighted by Crippen LogP contribution is 2.35. The molecule has 1 aliphatic heterocycles. The maximum Gasteiger partial charge on any atom is 0.308 e. The summed E-state index contributed by atoms with van der Waals surface area (Å²) >= 11 is 6.05. The first-order chi connectivity index (χ1) is 6.08. The van der Waals surface area contributed by atoms with Crippen LogP contribution in [0.25, 0.3) is 0 Å². The lowest BCUT2D eigenvalue weighted by Crippen LogP contribution is -2.32. The monoisotopic (exact) mass is 204 g/mol. The summed E-state index contributed by atoms with van der Waals surface area (Å²) < 4.78 is 5.24. The van der Waals surface area contributed by atoms with Crippen molar-refractivity contribution in [1.29, 1.82) is 0 Å². The Bertz CT molecular complexity index is 193. The van der Waals surface area contributed by atoms with E-state index >= 15 is 0 Å². The zero-order valence-electron chi connectivity index (χ0n) is 8.31. The second-order valence-corrected chi connectivity index (χ2v) is 4.44. The number of halogens is 1. The molecule has 0 aromatic rings. The van der Waals surface area contributed by atoms with E-state index in [1.54, 1.807) is 0 Å². The average Bonchev–Trinajstić information content (AvgIpc) is 2.27. The van der Waals surface area contributed by atoms with Gasteiger partial charge in [0.25, 0.3) is 0 Å². The normalized spacial score (nSPS) is 33.5. The largest absolute Gasteiger partial charge is 0.458 e. The maximum atomic E-state index is 11.0. The summed E-state index contributed by atoms with van der Waals surface area (Å²) in [5.41, 5.74) is -0.409. The van der Waals surface area contributed by atoms with Crippen molar-refractivity contribution in [2.75, 3.05) is 0 Å². The minimum atomic E-state index is -0.409. The maximum absolute atomic E-state index is 11.0. The predicted molar refractivity (Wildman–Crippen MR) is 52.9 cm³/mol.